The maximum absolute atomic E-state index is 12.5. The van der Waals surface area contributed by atoms with Crippen molar-refractivity contribution < 1.29 is 26.4 Å². The van der Waals surface area contributed by atoms with Gasteiger partial charge in [0, 0.05) is 6.42 Å². The number of fused-ring (bicyclic) bond motifs is 1. The van der Waals surface area contributed by atoms with Crippen molar-refractivity contribution in [1.29, 1.82) is 0 Å². The minimum Gasteiger partial charge on any atom is -0.472 e. The second-order valence-corrected chi connectivity index (χ2v) is 11.9. The van der Waals surface area contributed by atoms with E-state index >= 15 is 0 Å². The molecule has 0 radical (unpaired) electrons. The normalized spacial score (nSPS) is 28.8. The highest BCUT2D eigenvalue weighted by atomic mass is 32.3. The van der Waals surface area contributed by atoms with E-state index in [2.05, 4.69) is 27.7 Å². The van der Waals surface area contributed by atoms with Crippen molar-refractivity contribution >= 4 is 16.2 Å². The Balaban J connectivity index is 1.72. The maximum Gasteiger partial charge on any atom is 0.397 e. The van der Waals surface area contributed by atoms with Gasteiger partial charge in [0.25, 0.3) is 0 Å². The van der Waals surface area contributed by atoms with Gasteiger partial charge in [-0.1, -0.05) is 33.3 Å². The summed E-state index contributed by atoms with van der Waals surface area (Å²) in [5, 5.41) is 0. The molecular weight excluding hydrogens is 428 g/mol. The molecule has 0 aromatic carbocycles. The van der Waals surface area contributed by atoms with Gasteiger partial charge in [-0.25, -0.2) is 4.18 Å². The second-order valence-electron chi connectivity index (χ2n) is 10.8. The van der Waals surface area contributed by atoms with Gasteiger partial charge in [-0.2, -0.15) is 8.42 Å². The van der Waals surface area contributed by atoms with Crippen molar-refractivity contribution in [2.45, 2.75) is 79.1 Å². The van der Waals surface area contributed by atoms with Crippen LogP contribution in [0.25, 0.3) is 0 Å². The number of allylic oxidation sites excluding steroid dienone is 2. The van der Waals surface area contributed by atoms with Crippen LogP contribution < -0.4 is 0 Å². The highest BCUT2D eigenvalue weighted by Gasteiger charge is 2.49. The molecule has 2 aliphatic carbocycles. The average Bonchev–Trinajstić information content (AvgIpc) is 3.19. The molecule has 3 rings (SSSR count). The molecule has 0 bridgehead atoms. The van der Waals surface area contributed by atoms with Gasteiger partial charge in [-0.3, -0.25) is 9.35 Å². The molecule has 1 N–H and O–H groups in total. The molecule has 0 amide bonds. The fourth-order valence-corrected chi connectivity index (χ4v) is 6.23. The zero-order chi connectivity index (χ0) is 23.6. The molecule has 1 unspecified atom stereocenters. The lowest BCUT2D eigenvalue weighted by molar-refractivity contribution is -0.118. The fourth-order valence-electron chi connectivity index (χ4n) is 5.86. The van der Waals surface area contributed by atoms with E-state index in [-0.39, 0.29) is 29.1 Å². The first-order valence-corrected chi connectivity index (χ1v) is 13.1. The van der Waals surface area contributed by atoms with Crippen LogP contribution >= 0.6 is 0 Å². The van der Waals surface area contributed by atoms with E-state index in [4.69, 9.17) is 13.2 Å². The summed E-state index contributed by atoms with van der Waals surface area (Å²) in [6.07, 6.45) is 12.3. The molecule has 1 aromatic rings. The van der Waals surface area contributed by atoms with Crippen molar-refractivity contribution in [2.24, 2.45) is 28.6 Å². The summed E-state index contributed by atoms with van der Waals surface area (Å²) < 4.78 is 41.4. The molecule has 6 nitrogen and oxygen atoms in total. The van der Waals surface area contributed by atoms with E-state index in [0.29, 0.717) is 18.3 Å². The topological polar surface area (TPSA) is 93.8 Å². The molecule has 32 heavy (non-hydrogen) atoms. The van der Waals surface area contributed by atoms with Crippen LogP contribution in [0.4, 0.5) is 0 Å². The number of rotatable bonds is 10. The van der Waals surface area contributed by atoms with Gasteiger partial charge in [0.05, 0.1) is 19.1 Å². The summed E-state index contributed by atoms with van der Waals surface area (Å²) in [7, 11) is -4.47. The SMILES string of the molecule is C[C@H]1CC[C@H]2C(=CC(=O)CC2(C)C)[C@@]1(C)CCC(CCCc1ccoc1)COS(=O)(=O)O. The van der Waals surface area contributed by atoms with Crippen LogP contribution in [0.2, 0.25) is 0 Å². The van der Waals surface area contributed by atoms with Crippen molar-refractivity contribution in [1.82, 2.24) is 0 Å². The van der Waals surface area contributed by atoms with Crippen molar-refractivity contribution in [3.63, 3.8) is 0 Å². The third-order valence-electron chi connectivity index (χ3n) is 8.08. The van der Waals surface area contributed by atoms with E-state index in [1.807, 2.05) is 12.1 Å². The van der Waals surface area contributed by atoms with E-state index in [0.717, 1.165) is 50.5 Å². The van der Waals surface area contributed by atoms with Crippen molar-refractivity contribution in [2.75, 3.05) is 6.61 Å². The van der Waals surface area contributed by atoms with Gasteiger partial charge in [0.15, 0.2) is 5.78 Å². The summed E-state index contributed by atoms with van der Waals surface area (Å²) >= 11 is 0. The fraction of sp³-hybridized carbons (Fsp3) is 0.720. The molecule has 2 aliphatic rings. The predicted octanol–water partition coefficient (Wildman–Crippen LogP) is 5.80. The minimum atomic E-state index is -4.47. The van der Waals surface area contributed by atoms with Crippen LogP contribution in [0.3, 0.4) is 0 Å². The molecule has 1 fully saturated rings. The van der Waals surface area contributed by atoms with Crippen LogP contribution in [-0.4, -0.2) is 25.4 Å². The number of ketones is 1. The molecule has 0 saturated heterocycles. The van der Waals surface area contributed by atoms with Crippen LogP contribution in [-0.2, 0) is 25.8 Å². The summed E-state index contributed by atoms with van der Waals surface area (Å²) in [6.45, 7) is 8.93. The molecule has 180 valence electrons. The lowest BCUT2D eigenvalue weighted by atomic mass is 9.52. The van der Waals surface area contributed by atoms with Crippen LogP contribution in [0.1, 0.15) is 78.2 Å². The van der Waals surface area contributed by atoms with Crippen LogP contribution in [0.15, 0.2) is 34.7 Å². The number of hydrogen-bond donors (Lipinski definition) is 1. The van der Waals surface area contributed by atoms with Gasteiger partial charge in [-0.15, -0.1) is 0 Å². The lowest BCUT2D eigenvalue weighted by Crippen LogP contribution is -2.44. The highest BCUT2D eigenvalue weighted by Crippen LogP contribution is 2.57. The predicted molar refractivity (Wildman–Crippen MR) is 123 cm³/mol. The second kappa shape index (κ2) is 9.82. The first-order chi connectivity index (χ1) is 14.9. The number of hydrogen-bond acceptors (Lipinski definition) is 5. The Kier molecular flexibility index (Phi) is 7.73. The lowest BCUT2D eigenvalue weighted by Gasteiger charge is -2.53. The number of carbonyl (C=O) groups is 1. The van der Waals surface area contributed by atoms with Gasteiger partial charge < -0.3 is 4.42 Å². The Morgan fingerprint density at radius 2 is 2.00 bits per heavy atom. The van der Waals surface area contributed by atoms with Crippen LogP contribution in [0, 0.1) is 28.6 Å². The minimum absolute atomic E-state index is 0.00105. The molecule has 7 heteroatoms. The average molecular weight is 467 g/mol. The molecule has 0 aliphatic heterocycles. The summed E-state index contributed by atoms with van der Waals surface area (Å²) in [5.74, 6) is 1.07. The Labute approximate surface area is 192 Å². The Bertz CT molecular complexity index is 914. The highest BCUT2D eigenvalue weighted by molar-refractivity contribution is 7.80. The molecule has 1 heterocycles. The summed E-state index contributed by atoms with van der Waals surface area (Å²) in [6, 6.07) is 1.93. The standard InChI is InChI=1S/C25H38O6S/c1-18-8-9-22-23(14-21(26)15-24(22,2)3)25(18,4)12-10-19(17-31-32(27,28)29)6-5-7-20-11-13-30-16-20/h11,13-14,16,18-19,22H,5-10,12,15,17H2,1-4H3,(H,27,28,29)/t18-,19?,22-,25-/m0/s1. The molecular formula is C25H38O6S. The quantitative estimate of drug-likeness (QED) is 0.438. The third kappa shape index (κ3) is 6.12. The zero-order valence-electron chi connectivity index (χ0n) is 19.8. The molecule has 1 aromatic heterocycles. The number of aryl methyl sites for hydroxylation is 1. The smallest absolute Gasteiger partial charge is 0.397 e. The third-order valence-corrected chi connectivity index (χ3v) is 8.52. The summed E-state index contributed by atoms with van der Waals surface area (Å²) in [4.78, 5) is 12.5. The molecule has 4 atom stereocenters. The monoisotopic (exact) mass is 466 g/mol. The zero-order valence-corrected chi connectivity index (χ0v) is 20.6. The van der Waals surface area contributed by atoms with Gasteiger partial charge in [0.1, 0.15) is 0 Å². The van der Waals surface area contributed by atoms with E-state index < -0.39 is 10.4 Å². The van der Waals surface area contributed by atoms with E-state index in [9.17, 15) is 13.2 Å². The van der Waals surface area contributed by atoms with Crippen LogP contribution in [0.5, 0.6) is 0 Å². The Morgan fingerprint density at radius 1 is 1.25 bits per heavy atom. The molecule has 1 saturated carbocycles. The number of carbonyl (C=O) groups excluding carboxylic acids is 1. The number of furan rings is 1. The summed E-state index contributed by atoms with van der Waals surface area (Å²) in [5.41, 5.74) is 2.27. The largest absolute Gasteiger partial charge is 0.472 e. The Hall–Kier alpha value is -1.44. The van der Waals surface area contributed by atoms with Crippen molar-refractivity contribution in [3.8, 4) is 0 Å². The first kappa shape index (κ1) is 25.2. The first-order valence-electron chi connectivity index (χ1n) is 11.8. The van der Waals surface area contributed by atoms with Crippen molar-refractivity contribution in [3.05, 3.63) is 35.8 Å². The van der Waals surface area contributed by atoms with E-state index in [1.54, 1.807) is 12.5 Å². The van der Waals surface area contributed by atoms with Gasteiger partial charge in [0.2, 0.25) is 0 Å². The van der Waals surface area contributed by atoms with Gasteiger partial charge in [-0.05, 0) is 91.2 Å². The maximum atomic E-state index is 12.5. The molecule has 0 spiro atoms. The van der Waals surface area contributed by atoms with Gasteiger partial charge >= 0.3 is 10.4 Å². The Morgan fingerprint density at radius 3 is 2.66 bits per heavy atom. The van der Waals surface area contributed by atoms with E-state index in [1.165, 1.54) is 5.57 Å².